The van der Waals surface area contributed by atoms with Crippen LogP contribution in [0.5, 0.6) is 0 Å². The third-order valence-electron chi connectivity index (χ3n) is 7.06. The van der Waals surface area contributed by atoms with Gasteiger partial charge in [-0.25, -0.2) is 0 Å². The fourth-order valence-corrected chi connectivity index (χ4v) is 13.9. The van der Waals surface area contributed by atoms with Crippen molar-refractivity contribution in [3.63, 3.8) is 0 Å². The summed E-state index contributed by atoms with van der Waals surface area (Å²) in [4.78, 5) is 0. The summed E-state index contributed by atoms with van der Waals surface area (Å²) >= 11 is -1.16. The van der Waals surface area contributed by atoms with Crippen LogP contribution in [0.2, 0.25) is 15.0 Å². The molecule has 0 bridgehead atoms. The Bertz CT molecular complexity index is 406. The van der Waals surface area contributed by atoms with Crippen molar-refractivity contribution >= 4 is 10.4 Å². The van der Waals surface area contributed by atoms with Gasteiger partial charge in [0.25, 0.3) is 0 Å². The zero-order valence-electron chi connectivity index (χ0n) is 22.8. The Morgan fingerprint density at radius 3 is 0.818 bits per heavy atom. The van der Waals surface area contributed by atoms with Gasteiger partial charge in [-0.3, -0.25) is 9.11 Å². The van der Waals surface area contributed by atoms with E-state index in [0.29, 0.717) is 0 Å². The molecule has 6 heteroatoms. The fraction of sp³-hybridized carbons (Fsp3) is 1.00. The molecule has 0 saturated heterocycles. The Balaban J connectivity index is 0. The molecule has 0 aromatic carbocycles. The van der Waals surface area contributed by atoms with Gasteiger partial charge in [0.05, 0.1) is 0 Å². The Morgan fingerprint density at radius 2 is 0.606 bits per heavy atom. The van der Waals surface area contributed by atoms with E-state index in [9.17, 15) is 0 Å². The molecule has 199 valence electrons. The fourth-order valence-electron chi connectivity index (χ4n) is 4.99. The monoisotopic (exact) mass is 543 g/mol. The predicted octanol–water partition coefficient (Wildman–Crippen LogP) is 10.5. The molecule has 0 amide bonds. The molecule has 4 nitrogen and oxygen atoms in total. The molecular weight excluding hydrogens is 486 g/mol. The second-order valence-corrected chi connectivity index (χ2v) is 20.2. The molecule has 0 aromatic heterocycles. The summed E-state index contributed by atoms with van der Waals surface area (Å²) in [7, 11) is -4.67. The molecule has 2 N–H and O–H groups in total. The smallest absolute Gasteiger partial charge is 0.264 e. The summed E-state index contributed by atoms with van der Waals surface area (Å²) in [6.45, 7) is 6.98. The van der Waals surface area contributed by atoms with Crippen molar-refractivity contribution in [1.82, 2.24) is 0 Å². The zero-order valence-corrected chi connectivity index (χ0v) is 26.6. The van der Waals surface area contributed by atoms with E-state index in [1.165, 1.54) is 96.3 Å². The third kappa shape index (κ3) is 40.0. The molecule has 0 rings (SSSR count). The van der Waals surface area contributed by atoms with Crippen molar-refractivity contribution in [2.24, 2.45) is 0 Å². The van der Waals surface area contributed by atoms with Gasteiger partial charge in [0, 0.05) is 0 Å². The van der Waals surface area contributed by atoms with Gasteiger partial charge in [0.2, 0.25) is 0 Å². The molecule has 0 aliphatic heterocycles. The molecule has 0 aromatic rings. The molecule has 33 heavy (non-hydrogen) atoms. The molecular formula is C27H59O4SZn. The topological polar surface area (TPSA) is 74.6 Å². The molecule has 0 aliphatic rings. The third-order valence-corrected chi connectivity index (χ3v) is 16.5. The van der Waals surface area contributed by atoms with E-state index < -0.39 is 26.3 Å². The Labute approximate surface area is 214 Å². The minimum Gasteiger partial charge on any atom is -0.264 e. The molecule has 0 radical (unpaired) electrons. The molecule has 0 unspecified atom stereocenters. The second kappa shape index (κ2) is 28.7. The van der Waals surface area contributed by atoms with Gasteiger partial charge in [-0.05, 0) is 0 Å². The summed E-state index contributed by atoms with van der Waals surface area (Å²) in [5.74, 6) is 0. The van der Waals surface area contributed by atoms with Crippen LogP contribution in [-0.2, 0) is 26.3 Å². The number of unbranched alkanes of at least 4 members (excludes halogenated alkanes) is 18. The minimum atomic E-state index is -4.67. The first kappa shape index (κ1) is 35.7. The van der Waals surface area contributed by atoms with Crippen LogP contribution in [-0.4, -0.2) is 17.5 Å². The normalized spacial score (nSPS) is 11.3. The van der Waals surface area contributed by atoms with Gasteiger partial charge < -0.3 is 0 Å². The van der Waals surface area contributed by atoms with Gasteiger partial charge >= 0.3 is 197 Å². The van der Waals surface area contributed by atoms with Crippen molar-refractivity contribution in [2.75, 3.05) is 0 Å². The maximum atomic E-state index is 8.74. The van der Waals surface area contributed by atoms with Crippen molar-refractivity contribution in [1.29, 1.82) is 0 Å². The quantitative estimate of drug-likeness (QED) is 0.0719. The SMILES string of the molecule is CCCCCCCC[CH2][Zn]([CH2]CCCCCCCC)[CH2]CCCCCCCC.O=S(=O)(O)O. The molecule has 0 spiro atoms. The summed E-state index contributed by atoms with van der Waals surface area (Å²) in [5.41, 5.74) is 0. The van der Waals surface area contributed by atoms with E-state index in [2.05, 4.69) is 20.8 Å². The van der Waals surface area contributed by atoms with Crippen LogP contribution in [0.4, 0.5) is 0 Å². The average molecular weight is 545 g/mol. The molecule has 0 heterocycles. The summed E-state index contributed by atoms with van der Waals surface area (Å²) in [6.07, 6.45) is 31.5. The first-order chi connectivity index (χ1) is 15.8. The maximum absolute atomic E-state index is 8.74. The largest absolute Gasteiger partial charge is 0.394 e. The molecule has 0 aliphatic carbocycles. The summed E-state index contributed by atoms with van der Waals surface area (Å²) in [6, 6.07) is 0. The number of hydrogen-bond donors (Lipinski definition) is 2. The Kier molecular flexibility index (Phi) is 31.0. The van der Waals surface area contributed by atoms with E-state index in [1.807, 2.05) is 0 Å². The van der Waals surface area contributed by atoms with Crippen molar-refractivity contribution in [3.8, 4) is 0 Å². The standard InChI is InChI=1S/3C9H19.H2O4S.Zn/c3*1-3-5-7-9-8-6-4-2;1-5(2,3)4;/h3*1,3-9H2,2H3;(H2,1,2,3,4);. The van der Waals surface area contributed by atoms with Crippen LogP contribution < -0.4 is 0 Å². The van der Waals surface area contributed by atoms with Crippen LogP contribution in [0.25, 0.3) is 0 Å². The van der Waals surface area contributed by atoms with E-state index in [4.69, 9.17) is 17.5 Å². The van der Waals surface area contributed by atoms with Crippen LogP contribution in [0.1, 0.15) is 156 Å². The first-order valence-corrected chi connectivity index (χ1v) is 22.5. The predicted molar refractivity (Wildman–Crippen MR) is 143 cm³/mol. The van der Waals surface area contributed by atoms with Gasteiger partial charge in [0.1, 0.15) is 0 Å². The van der Waals surface area contributed by atoms with E-state index >= 15 is 0 Å². The number of hydrogen-bond acceptors (Lipinski definition) is 2. The van der Waals surface area contributed by atoms with Crippen molar-refractivity contribution in [3.05, 3.63) is 0 Å². The second-order valence-electron chi connectivity index (χ2n) is 10.4. The number of rotatable bonds is 24. The van der Waals surface area contributed by atoms with Crippen LogP contribution in [0.15, 0.2) is 0 Å². The average Bonchev–Trinajstić information content (AvgIpc) is 2.75. The van der Waals surface area contributed by atoms with E-state index in [1.54, 1.807) is 53.6 Å². The molecule has 0 saturated carbocycles. The van der Waals surface area contributed by atoms with Gasteiger partial charge in [0.15, 0.2) is 0 Å². The minimum absolute atomic E-state index is 1.16. The maximum Gasteiger partial charge on any atom is 0.394 e. The van der Waals surface area contributed by atoms with Gasteiger partial charge in [-0.15, -0.1) is 0 Å². The molecule has 0 fully saturated rings. The van der Waals surface area contributed by atoms with E-state index in [-0.39, 0.29) is 0 Å². The Hall–Kier alpha value is 0.493. The van der Waals surface area contributed by atoms with Crippen LogP contribution in [0.3, 0.4) is 0 Å². The molecule has 0 atom stereocenters. The Morgan fingerprint density at radius 1 is 0.424 bits per heavy atom. The first-order valence-electron chi connectivity index (χ1n) is 14.8. The van der Waals surface area contributed by atoms with Gasteiger partial charge in [-0.2, -0.15) is 8.42 Å². The van der Waals surface area contributed by atoms with Crippen LogP contribution in [0, 0.1) is 0 Å². The van der Waals surface area contributed by atoms with E-state index in [0.717, 1.165) is 0 Å². The summed E-state index contributed by atoms with van der Waals surface area (Å²) < 4.78 is 31.6. The van der Waals surface area contributed by atoms with Crippen molar-refractivity contribution < 1.29 is 33.5 Å². The van der Waals surface area contributed by atoms with Crippen LogP contribution >= 0.6 is 0 Å². The summed E-state index contributed by atoms with van der Waals surface area (Å²) in [5, 5.41) is 5.21. The van der Waals surface area contributed by atoms with Gasteiger partial charge in [-0.1, -0.05) is 0 Å². The van der Waals surface area contributed by atoms with Crippen molar-refractivity contribution in [2.45, 2.75) is 171 Å². The zero-order chi connectivity index (χ0) is 25.0.